The van der Waals surface area contributed by atoms with Crippen LogP contribution in [0.3, 0.4) is 0 Å². The third kappa shape index (κ3) is 32.0. The van der Waals surface area contributed by atoms with Gasteiger partial charge in [0.25, 0.3) is 0 Å². The Bertz CT molecular complexity index is 1420. The summed E-state index contributed by atoms with van der Waals surface area (Å²) >= 11 is 0. The van der Waals surface area contributed by atoms with Gasteiger partial charge in [0.15, 0.2) is 0 Å². The molecular weight excluding hydrogens is 836 g/mol. The van der Waals surface area contributed by atoms with Crippen molar-refractivity contribution in [1.82, 2.24) is 0 Å². The summed E-state index contributed by atoms with van der Waals surface area (Å²) in [5, 5.41) is 50.2. The normalized spacial score (nSPS) is 22.6. The summed E-state index contributed by atoms with van der Waals surface area (Å²) in [6.45, 7) is 4.04. The van der Waals surface area contributed by atoms with Crippen LogP contribution >= 0.6 is 7.82 Å². The first-order valence-corrected chi connectivity index (χ1v) is 25.6. The van der Waals surface area contributed by atoms with Crippen molar-refractivity contribution in [2.75, 3.05) is 19.8 Å². The maximum Gasteiger partial charge on any atom is 0.472 e. The second-order valence-electron chi connectivity index (χ2n) is 16.2. The minimum atomic E-state index is -5.04. The molecule has 6 N–H and O–H groups in total. The second-order valence-corrected chi connectivity index (χ2v) is 17.6. The van der Waals surface area contributed by atoms with Gasteiger partial charge in [0.05, 0.1) is 13.2 Å². The summed E-state index contributed by atoms with van der Waals surface area (Å²) in [5.74, 6) is -0.541. The van der Waals surface area contributed by atoms with Gasteiger partial charge < -0.3 is 39.9 Å². The van der Waals surface area contributed by atoms with E-state index in [0.29, 0.717) is 19.4 Å². The summed E-state index contributed by atoms with van der Waals surface area (Å²) in [5.41, 5.74) is 0. The standard InChI is InChI=1S/C51H85O12P/c1-3-5-7-9-11-13-15-17-19-20-21-22-23-24-25-26-27-28-30-32-34-36-38-40-45(52)62-44(42-60-41-39-37-35-33-31-29-18-16-14-12-10-8-6-4-2)43-61-64(58,59)63-51-49(56)47(54)46(53)48(55)50(51)57/h5,7,11,13-14,16-17,19,21-22,24-25,27-28,32,34,44,46-51,53-57H,3-4,6,8-10,12,15,18,20,23,26,29-31,33,35-43H2,1-2H3,(H,58,59)/b7-5-,13-11-,16-14-,19-17-,22-21-,25-24-,28-27-,34-32-. The van der Waals surface area contributed by atoms with Crippen molar-refractivity contribution in [2.45, 2.75) is 198 Å². The highest BCUT2D eigenvalue weighted by Crippen LogP contribution is 2.47. The Morgan fingerprint density at radius 1 is 0.516 bits per heavy atom. The summed E-state index contributed by atoms with van der Waals surface area (Å²) in [7, 11) is -5.04. The average molecular weight is 921 g/mol. The summed E-state index contributed by atoms with van der Waals surface area (Å²) < 4.78 is 34.1. The van der Waals surface area contributed by atoms with Gasteiger partial charge in [-0.1, -0.05) is 156 Å². The van der Waals surface area contributed by atoms with Gasteiger partial charge in [-0.05, 0) is 89.9 Å². The van der Waals surface area contributed by atoms with Crippen LogP contribution in [-0.4, -0.2) is 98.9 Å². The first-order valence-electron chi connectivity index (χ1n) is 24.1. The van der Waals surface area contributed by atoms with Gasteiger partial charge in [0, 0.05) is 13.0 Å². The highest BCUT2D eigenvalue weighted by Gasteiger charge is 2.51. The topological polar surface area (TPSA) is 192 Å². The van der Waals surface area contributed by atoms with E-state index in [9.17, 15) is 39.8 Å². The third-order valence-corrected chi connectivity index (χ3v) is 11.4. The molecule has 6 atom stereocenters. The maximum atomic E-state index is 12.8. The van der Waals surface area contributed by atoms with Crippen LogP contribution < -0.4 is 0 Å². The number of rotatable bonds is 39. The van der Waals surface area contributed by atoms with Crippen LogP contribution in [0.25, 0.3) is 0 Å². The molecule has 0 spiro atoms. The number of allylic oxidation sites excluding steroid dienone is 16. The zero-order valence-electron chi connectivity index (χ0n) is 39.0. The van der Waals surface area contributed by atoms with Crippen molar-refractivity contribution in [2.24, 2.45) is 0 Å². The summed E-state index contributed by atoms with van der Waals surface area (Å²) in [6.07, 6.45) is 43.4. The Balaban J connectivity index is 2.44. The molecule has 0 heterocycles. The fraction of sp³-hybridized carbons (Fsp3) is 0.667. The molecule has 12 nitrogen and oxygen atoms in total. The van der Waals surface area contributed by atoms with Crippen LogP contribution in [0.2, 0.25) is 0 Å². The van der Waals surface area contributed by atoms with Crippen molar-refractivity contribution in [3.05, 3.63) is 97.2 Å². The molecule has 1 rings (SSSR count). The van der Waals surface area contributed by atoms with Crippen molar-refractivity contribution < 1.29 is 58.3 Å². The van der Waals surface area contributed by atoms with Gasteiger partial charge in [0.2, 0.25) is 0 Å². The van der Waals surface area contributed by atoms with E-state index < -0.39 is 63.1 Å². The zero-order valence-corrected chi connectivity index (χ0v) is 39.9. The molecule has 64 heavy (non-hydrogen) atoms. The zero-order chi connectivity index (χ0) is 46.9. The Labute approximate surface area is 385 Å². The Hall–Kier alpha value is -2.74. The van der Waals surface area contributed by atoms with E-state index in [2.05, 4.69) is 98.9 Å². The molecule has 0 aromatic carbocycles. The number of phosphoric acid groups is 1. The fourth-order valence-electron chi connectivity index (χ4n) is 6.63. The van der Waals surface area contributed by atoms with E-state index in [0.717, 1.165) is 77.0 Å². The third-order valence-electron chi connectivity index (χ3n) is 10.4. The lowest BCUT2D eigenvalue weighted by Gasteiger charge is -2.41. The van der Waals surface area contributed by atoms with Gasteiger partial charge in [0.1, 0.15) is 42.7 Å². The molecule has 0 bridgehead atoms. The van der Waals surface area contributed by atoms with Crippen LogP contribution in [0.1, 0.15) is 155 Å². The van der Waals surface area contributed by atoms with E-state index in [4.69, 9.17) is 18.5 Å². The number of phosphoric ester groups is 1. The number of unbranched alkanes of at least 4 members (excludes halogenated alkanes) is 11. The van der Waals surface area contributed by atoms with Crippen LogP contribution in [0.4, 0.5) is 0 Å². The number of esters is 1. The van der Waals surface area contributed by atoms with Gasteiger partial charge >= 0.3 is 13.8 Å². The predicted octanol–water partition coefficient (Wildman–Crippen LogP) is 10.3. The average Bonchev–Trinajstić information content (AvgIpc) is 3.28. The molecule has 0 amide bonds. The van der Waals surface area contributed by atoms with Crippen molar-refractivity contribution in [3.63, 3.8) is 0 Å². The minimum absolute atomic E-state index is 0.0986. The van der Waals surface area contributed by atoms with Crippen molar-refractivity contribution in [3.8, 4) is 0 Å². The number of aliphatic hydroxyl groups is 5. The number of carbonyl (C=O) groups is 1. The molecule has 13 heteroatoms. The molecule has 1 aliphatic carbocycles. The van der Waals surface area contributed by atoms with Gasteiger partial charge in [-0.25, -0.2) is 4.57 Å². The molecule has 0 aromatic rings. The van der Waals surface area contributed by atoms with Gasteiger partial charge in [-0.15, -0.1) is 0 Å². The summed E-state index contributed by atoms with van der Waals surface area (Å²) in [6, 6.07) is 0. The molecule has 0 radical (unpaired) electrons. The highest BCUT2D eigenvalue weighted by atomic mass is 31.2. The minimum Gasteiger partial charge on any atom is -0.457 e. The molecule has 1 fully saturated rings. The molecule has 1 saturated carbocycles. The molecule has 0 saturated heterocycles. The van der Waals surface area contributed by atoms with Crippen LogP contribution in [0.15, 0.2) is 97.2 Å². The predicted molar refractivity (Wildman–Crippen MR) is 257 cm³/mol. The fourth-order valence-corrected chi connectivity index (χ4v) is 7.60. The van der Waals surface area contributed by atoms with E-state index in [1.807, 2.05) is 12.2 Å². The monoisotopic (exact) mass is 921 g/mol. The highest BCUT2D eigenvalue weighted by molar-refractivity contribution is 7.47. The number of aliphatic hydroxyl groups excluding tert-OH is 5. The molecule has 0 aliphatic heterocycles. The van der Waals surface area contributed by atoms with Crippen LogP contribution in [0, 0.1) is 0 Å². The van der Waals surface area contributed by atoms with Gasteiger partial charge in [-0.3, -0.25) is 13.8 Å². The smallest absolute Gasteiger partial charge is 0.457 e. The lowest BCUT2D eigenvalue weighted by molar-refractivity contribution is -0.220. The number of hydrogen-bond acceptors (Lipinski definition) is 11. The summed E-state index contributed by atoms with van der Waals surface area (Å²) in [4.78, 5) is 23.2. The van der Waals surface area contributed by atoms with E-state index in [-0.39, 0.29) is 13.0 Å². The van der Waals surface area contributed by atoms with E-state index in [1.165, 1.54) is 44.9 Å². The van der Waals surface area contributed by atoms with E-state index >= 15 is 0 Å². The van der Waals surface area contributed by atoms with Crippen LogP contribution in [-0.2, 0) is 27.9 Å². The second kappa shape index (κ2) is 40.5. The molecular formula is C51H85O12P. The van der Waals surface area contributed by atoms with Crippen LogP contribution in [0.5, 0.6) is 0 Å². The SMILES string of the molecule is CC/C=C\C/C=C\C/C=C\C/C=C\C/C=C\C/C=C\C/C=C\CCCC(=O)OC(COCCCCCCCC/C=C\CCCCCC)COP(=O)(O)OC1C(O)C(O)C(O)C(O)C1O. The quantitative estimate of drug-likeness (QED) is 0.0148. The van der Waals surface area contributed by atoms with E-state index in [1.54, 1.807) is 0 Å². The number of carbonyl (C=O) groups excluding carboxylic acids is 1. The Morgan fingerprint density at radius 3 is 1.42 bits per heavy atom. The number of ether oxygens (including phenoxy) is 2. The van der Waals surface area contributed by atoms with Crippen molar-refractivity contribution >= 4 is 13.8 Å². The molecule has 6 unspecified atom stereocenters. The molecule has 1 aliphatic rings. The maximum absolute atomic E-state index is 12.8. The van der Waals surface area contributed by atoms with Crippen molar-refractivity contribution in [1.29, 1.82) is 0 Å². The Morgan fingerprint density at radius 2 is 0.922 bits per heavy atom. The Kier molecular flexibility index (Phi) is 37.5. The number of hydrogen-bond donors (Lipinski definition) is 6. The lowest BCUT2D eigenvalue weighted by atomic mass is 9.85. The molecule has 0 aromatic heterocycles. The largest absolute Gasteiger partial charge is 0.472 e. The lowest BCUT2D eigenvalue weighted by Crippen LogP contribution is -2.64. The van der Waals surface area contributed by atoms with Gasteiger partial charge in [-0.2, -0.15) is 0 Å². The first kappa shape index (κ1) is 59.3. The first-order chi connectivity index (χ1) is 31.0. The molecule has 366 valence electrons.